The van der Waals surface area contributed by atoms with Gasteiger partial charge in [-0.25, -0.2) is 0 Å². The molecular formula is C23H19ClN2. The van der Waals surface area contributed by atoms with E-state index in [1.165, 1.54) is 5.56 Å². The van der Waals surface area contributed by atoms with Gasteiger partial charge in [-0.1, -0.05) is 66.2 Å². The van der Waals surface area contributed by atoms with E-state index in [-0.39, 0.29) is 5.92 Å². The maximum Gasteiger partial charge on any atom is 0.0705 e. The molecule has 0 fully saturated rings. The van der Waals surface area contributed by atoms with Crippen LogP contribution in [0.1, 0.15) is 17.2 Å². The van der Waals surface area contributed by atoms with Gasteiger partial charge < -0.3 is 5.32 Å². The lowest BCUT2D eigenvalue weighted by molar-refractivity contribution is 0.822. The number of nitrogens with one attached hydrogen (secondary N) is 1. The van der Waals surface area contributed by atoms with Crippen molar-refractivity contribution in [3.63, 3.8) is 0 Å². The standard InChI is InChI=1S/C23H19ClN2/c24-19-11-13-20(14-12-19)25-16-21(17-6-2-1-3-7-17)23-15-10-18-8-4-5-9-22(18)26-23/h1-15,21,25H,16H2/t21-/m0/s1. The molecule has 4 rings (SSSR count). The zero-order chi connectivity index (χ0) is 17.8. The first-order valence-electron chi connectivity index (χ1n) is 8.70. The Morgan fingerprint density at radius 3 is 2.31 bits per heavy atom. The Hall–Kier alpha value is -2.84. The molecule has 0 spiro atoms. The van der Waals surface area contributed by atoms with Crippen molar-refractivity contribution in [2.45, 2.75) is 5.92 Å². The highest BCUT2D eigenvalue weighted by Gasteiger charge is 2.16. The van der Waals surface area contributed by atoms with Crippen LogP contribution in [0.25, 0.3) is 10.9 Å². The minimum Gasteiger partial charge on any atom is -0.384 e. The third-order valence-corrected chi connectivity index (χ3v) is 4.79. The number of hydrogen-bond donors (Lipinski definition) is 1. The number of fused-ring (bicyclic) bond motifs is 1. The van der Waals surface area contributed by atoms with Crippen molar-refractivity contribution in [2.24, 2.45) is 0 Å². The van der Waals surface area contributed by atoms with E-state index in [4.69, 9.17) is 16.6 Å². The number of aromatic nitrogens is 1. The molecule has 1 heterocycles. The minimum atomic E-state index is 0.163. The highest BCUT2D eigenvalue weighted by molar-refractivity contribution is 6.30. The van der Waals surface area contributed by atoms with E-state index in [1.54, 1.807) is 0 Å². The Balaban J connectivity index is 1.66. The number of pyridine rings is 1. The molecule has 4 aromatic rings. The van der Waals surface area contributed by atoms with Crippen LogP contribution in [0.15, 0.2) is 91.0 Å². The molecule has 1 N–H and O–H groups in total. The van der Waals surface area contributed by atoms with E-state index in [1.807, 2.05) is 42.5 Å². The van der Waals surface area contributed by atoms with Gasteiger partial charge in [0.15, 0.2) is 0 Å². The molecule has 0 amide bonds. The molecule has 0 saturated carbocycles. The van der Waals surface area contributed by atoms with E-state index < -0.39 is 0 Å². The molecule has 0 unspecified atom stereocenters. The highest BCUT2D eigenvalue weighted by Crippen LogP contribution is 2.26. The van der Waals surface area contributed by atoms with Crippen LogP contribution in [0.3, 0.4) is 0 Å². The zero-order valence-electron chi connectivity index (χ0n) is 14.3. The number of benzene rings is 3. The van der Waals surface area contributed by atoms with Gasteiger partial charge in [-0.15, -0.1) is 0 Å². The highest BCUT2D eigenvalue weighted by atomic mass is 35.5. The number of halogens is 1. The van der Waals surface area contributed by atoms with Crippen LogP contribution >= 0.6 is 11.6 Å². The molecular weight excluding hydrogens is 340 g/mol. The lowest BCUT2D eigenvalue weighted by Gasteiger charge is -2.19. The third kappa shape index (κ3) is 3.71. The first-order valence-corrected chi connectivity index (χ1v) is 9.07. The van der Waals surface area contributed by atoms with Gasteiger partial charge in [0.1, 0.15) is 0 Å². The summed E-state index contributed by atoms with van der Waals surface area (Å²) in [5.74, 6) is 0.163. The van der Waals surface area contributed by atoms with Gasteiger partial charge >= 0.3 is 0 Å². The summed E-state index contributed by atoms with van der Waals surface area (Å²) in [7, 11) is 0. The number of para-hydroxylation sites is 1. The molecule has 128 valence electrons. The van der Waals surface area contributed by atoms with Gasteiger partial charge in [0.2, 0.25) is 0 Å². The van der Waals surface area contributed by atoms with Crippen LogP contribution < -0.4 is 5.32 Å². The molecule has 0 aliphatic carbocycles. The summed E-state index contributed by atoms with van der Waals surface area (Å²) in [5.41, 5.74) is 4.39. The number of anilines is 1. The van der Waals surface area contributed by atoms with Gasteiger partial charge in [0.25, 0.3) is 0 Å². The summed E-state index contributed by atoms with van der Waals surface area (Å²) in [4.78, 5) is 4.92. The molecule has 3 aromatic carbocycles. The fourth-order valence-electron chi connectivity index (χ4n) is 3.14. The van der Waals surface area contributed by atoms with Gasteiger partial charge in [-0.05, 0) is 42.0 Å². The normalized spacial score (nSPS) is 12.0. The Bertz CT molecular complexity index is 997. The zero-order valence-corrected chi connectivity index (χ0v) is 15.0. The fourth-order valence-corrected chi connectivity index (χ4v) is 3.27. The largest absolute Gasteiger partial charge is 0.384 e. The van der Waals surface area contributed by atoms with E-state index >= 15 is 0 Å². The van der Waals surface area contributed by atoms with Gasteiger partial charge in [-0.3, -0.25) is 4.98 Å². The molecule has 0 aliphatic rings. The van der Waals surface area contributed by atoms with Crippen LogP contribution in [0, 0.1) is 0 Å². The second kappa shape index (κ2) is 7.59. The minimum absolute atomic E-state index is 0.163. The summed E-state index contributed by atoms with van der Waals surface area (Å²) >= 11 is 5.98. The van der Waals surface area contributed by atoms with E-state index in [0.29, 0.717) is 0 Å². The van der Waals surface area contributed by atoms with Crippen molar-refractivity contribution in [3.8, 4) is 0 Å². The third-order valence-electron chi connectivity index (χ3n) is 4.53. The van der Waals surface area contributed by atoms with Crippen molar-refractivity contribution in [1.82, 2.24) is 4.98 Å². The summed E-state index contributed by atoms with van der Waals surface area (Å²) in [6, 6.07) is 30.8. The average molecular weight is 359 g/mol. The van der Waals surface area contributed by atoms with Crippen LogP contribution in [0.4, 0.5) is 5.69 Å². The maximum absolute atomic E-state index is 5.98. The fraction of sp³-hybridized carbons (Fsp3) is 0.0870. The molecule has 1 aromatic heterocycles. The van der Waals surface area contributed by atoms with E-state index in [0.717, 1.165) is 33.9 Å². The second-order valence-electron chi connectivity index (χ2n) is 6.28. The molecule has 3 heteroatoms. The summed E-state index contributed by atoms with van der Waals surface area (Å²) in [5, 5.41) is 5.42. The van der Waals surface area contributed by atoms with Crippen LogP contribution in [-0.2, 0) is 0 Å². The van der Waals surface area contributed by atoms with Crippen molar-refractivity contribution in [1.29, 1.82) is 0 Å². The van der Waals surface area contributed by atoms with E-state index in [2.05, 4.69) is 53.8 Å². The smallest absolute Gasteiger partial charge is 0.0705 e. The number of nitrogens with zero attached hydrogens (tertiary/aromatic N) is 1. The van der Waals surface area contributed by atoms with Gasteiger partial charge in [0, 0.05) is 28.6 Å². The van der Waals surface area contributed by atoms with Crippen molar-refractivity contribution in [3.05, 3.63) is 107 Å². The van der Waals surface area contributed by atoms with Crippen molar-refractivity contribution >= 4 is 28.2 Å². The van der Waals surface area contributed by atoms with Crippen LogP contribution in [-0.4, -0.2) is 11.5 Å². The second-order valence-corrected chi connectivity index (χ2v) is 6.72. The predicted octanol–water partition coefficient (Wildman–Crippen LogP) is 6.13. The predicted molar refractivity (Wildman–Crippen MR) is 110 cm³/mol. The molecule has 0 aliphatic heterocycles. The van der Waals surface area contributed by atoms with Crippen molar-refractivity contribution in [2.75, 3.05) is 11.9 Å². The van der Waals surface area contributed by atoms with Gasteiger partial charge in [-0.2, -0.15) is 0 Å². The topological polar surface area (TPSA) is 24.9 Å². The molecule has 0 saturated heterocycles. The monoisotopic (exact) mass is 358 g/mol. The lowest BCUT2D eigenvalue weighted by atomic mass is 9.94. The Morgan fingerprint density at radius 2 is 1.50 bits per heavy atom. The number of rotatable bonds is 5. The Labute approximate surface area is 158 Å². The molecule has 2 nitrogen and oxygen atoms in total. The summed E-state index contributed by atoms with van der Waals surface area (Å²) in [6.07, 6.45) is 0. The summed E-state index contributed by atoms with van der Waals surface area (Å²) in [6.45, 7) is 0.761. The maximum atomic E-state index is 5.98. The molecule has 0 bridgehead atoms. The van der Waals surface area contributed by atoms with Crippen molar-refractivity contribution < 1.29 is 0 Å². The average Bonchev–Trinajstić information content (AvgIpc) is 2.70. The van der Waals surface area contributed by atoms with E-state index in [9.17, 15) is 0 Å². The molecule has 0 radical (unpaired) electrons. The molecule has 26 heavy (non-hydrogen) atoms. The number of hydrogen-bond acceptors (Lipinski definition) is 2. The first-order chi connectivity index (χ1) is 12.8. The van der Waals surface area contributed by atoms with Crippen LogP contribution in [0.5, 0.6) is 0 Å². The SMILES string of the molecule is Clc1ccc(NC[C@@H](c2ccccc2)c2ccc3ccccc3n2)cc1. The van der Waals surface area contributed by atoms with Gasteiger partial charge in [0.05, 0.1) is 11.2 Å². The molecule has 1 atom stereocenters. The summed E-state index contributed by atoms with van der Waals surface area (Å²) < 4.78 is 0. The Kier molecular flexibility index (Phi) is 4.85. The Morgan fingerprint density at radius 1 is 0.769 bits per heavy atom. The first kappa shape index (κ1) is 16.6. The lowest BCUT2D eigenvalue weighted by Crippen LogP contribution is -2.15. The quantitative estimate of drug-likeness (QED) is 0.464. The van der Waals surface area contributed by atoms with Crippen LogP contribution in [0.2, 0.25) is 5.02 Å².